The van der Waals surface area contributed by atoms with Crippen molar-refractivity contribution in [2.24, 2.45) is 0 Å². The summed E-state index contributed by atoms with van der Waals surface area (Å²) in [6, 6.07) is 7.31. The third-order valence-corrected chi connectivity index (χ3v) is 3.81. The van der Waals surface area contributed by atoms with E-state index in [1.165, 1.54) is 13.3 Å². The summed E-state index contributed by atoms with van der Waals surface area (Å²) >= 11 is 1.05. The first-order valence-electron chi connectivity index (χ1n) is 6.34. The van der Waals surface area contributed by atoms with Gasteiger partial charge in [-0.15, -0.1) is 0 Å². The van der Waals surface area contributed by atoms with Crippen molar-refractivity contribution in [3.8, 4) is 0 Å². The highest BCUT2D eigenvalue weighted by molar-refractivity contribution is 7.17. The van der Waals surface area contributed by atoms with Gasteiger partial charge in [-0.1, -0.05) is 28.6 Å². The van der Waals surface area contributed by atoms with Crippen LogP contribution in [0.1, 0.15) is 15.4 Å². The number of benzene rings is 1. The molecule has 0 aliphatic carbocycles. The van der Waals surface area contributed by atoms with Crippen LogP contribution in [0.5, 0.6) is 0 Å². The van der Waals surface area contributed by atoms with Crippen molar-refractivity contribution in [1.82, 2.24) is 10.1 Å². The molecule has 1 amide bonds. The van der Waals surface area contributed by atoms with Gasteiger partial charge in [-0.25, -0.2) is 9.78 Å². The maximum absolute atomic E-state index is 12.0. The van der Waals surface area contributed by atoms with E-state index in [0.29, 0.717) is 21.3 Å². The van der Waals surface area contributed by atoms with Crippen molar-refractivity contribution in [2.75, 3.05) is 12.4 Å². The number of para-hydroxylation sites is 1. The summed E-state index contributed by atoms with van der Waals surface area (Å²) < 4.78 is 9.73. The van der Waals surface area contributed by atoms with Gasteiger partial charge < -0.3 is 14.6 Å². The van der Waals surface area contributed by atoms with E-state index in [1.54, 1.807) is 6.07 Å². The van der Waals surface area contributed by atoms with Gasteiger partial charge in [-0.05, 0) is 12.1 Å². The van der Waals surface area contributed by atoms with Crippen molar-refractivity contribution < 1.29 is 18.8 Å². The molecule has 0 saturated carbocycles. The lowest BCUT2D eigenvalue weighted by Crippen LogP contribution is -2.14. The molecular weight excluding hydrogens is 306 g/mol. The SMILES string of the molecule is COC(=O)c1cnc(NC(=O)Cc2noc3ccccc23)s1. The maximum atomic E-state index is 12.0. The number of carbonyl (C=O) groups is 2. The highest BCUT2D eigenvalue weighted by Crippen LogP contribution is 2.21. The molecule has 2 aromatic heterocycles. The molecule has 0 spiro atoms. The molecule has 2 heterocycles. The number of amides is 1. The number of methoxy groups -OCH3 is 1. The summed E-state index contributed by atoms with van der Waals surface area (Å²) in [6.45, 7) is 0. The third kappa shape index (κ3) is 2.82. The van der Waals surface area contributed by atoms with Gasteiger partial charge >= 0.3 is 5.97 Å². The number of esters is 1. The van der Waals surface area contributed by atoms with Crippen LogP contribution < -0.4 is 5.32 Å². The minimum atomic E-state index is -0.486. The van der Waals surface area contributed by atoms with Crippen molar-refractivity contribution in [3.05, 3.63) is 41.0 Å². The van der Waals surface area contributed by atoms with Crippen LogP contribution in [0.2, 0.25) is 0 Å². The van der Waals surface area contributed by atoms with Crippen molar-refractivity contribution >= 4 is 39.3 Å². The zero-order valence-electron chi connectivity index (χ0n) is 11.5. The predicted octanol–water partition coefficient (Wildman–Crippen LogP) is 2.25. The maximum Gasteiger partial charge on any atom is 0.349 e. The highest BCUT2D eigenvalue weighted by Gasteiger charge is 2.15. The zero-order valence-corrected chi connectivity index (χ0v) is 12.3. The lowest BCUT2D eigenvalue weighted by molar-refractivity contribution is -0.115. The summed E-state index contributed by atoms with van der Waals surface area (Å²) in [5.41, 5.74) is 1.19. The fourth-order valence-corrected chi connectivity index (χ4v) is 2.66. The Kier molecular flexibility index (Phi) is 3.84. The van der Waals surface area contributed by atoms with Crippen LogP contribution in [0, 0.1) is 0 Å². The smallest absolute Gasteiger partial charge is 0.349 e. The quantitative estimate of drug-likeness (QED) is 0.742. The lowest BCUT2D eigenvalue weighted by atomic mass is 10.2. The van der Waals surface area contributed by atoms with Gasteiger partial charge in [0.15, 0.2) is 10.7 Å². The molecule has 112 valence electrons. The Hall–Kier alpha value is -2.74. The van der Waals surface area contributed by atoms with E-state index < -0.39 is 5.97 Å². The van der Waals surface area contributed by atoms with Gasteiger partial charge in [-0.3, -0.25) is 4.79 Å². The Bertz CT molecular complexity index is 839. The molecule has 7 nitrogen and oxygen atoms in total. The molecular formula is C14H11N3O4S. The molecule has 22 heavy (non-hydrogen) atoms. The highest BCUT2D eigenvalue weighted by atomic mass is 32.1. The molecule has 0 saturated heterocycles. The molecule has 1 aromatic carbocycles. The minimum absolute atomic E-state index is 0.0597. The van der Waals surface area contributed by atoms with E-state index in [9.17, 15) is 9.59 Å². The standard InChI is InChI=1S/C14H11N3O4S/c1-20-13(19)11-7-15-14(22-11)16-12(18)6-9-8-4-2-3-5-10(8)21-17-9/h2-5,7H,6H2,1H3,(H,15,16,18). The summed E-state index contributed by atoms with van der Waals surface area (Å²) in [5, 5.41) is 7.65. The lowest BCUT2D eigenvalue weighted by Gasteiger charge is -1.99. The first-order valence-corrected chi connectivity index (χ1v) is 7.16. The fraction of sp³-hybridized carbons (Fsp3) is 0.143. The number of hydrogen-bond acceptors (Lipinski definition) is 7. The summed E-state index contributed by atoms with van der Waals surface area (Å²) in [7, 11) is 1.29. The molecule has 8 heteroatoms. The number of nitrogens with zero attached hydrogens (tertiary/aromatic N) is 2. The second-order valence-corrected chi connectivity index (χ2v) is 5.40. The molecule has 1 N–H and O–H groups in total. The van der Waals surface area contributed by atoms with Gasteiger partial charge in [0.05, 0.1) is 19.7 Å². The molecule has 3 aromatic rings. The first kappa shape index (κ1) is 14.2. The van der Waals surface area contributed by atoms with Gasteiger partial charge in [0.25, 0.3) is 0 Å². The molecule has 0 aliphatic heterocycles. The number of nitrogens with one attached hydrogen (secondary N) is 1. The second kappa shape index (κ2) is 5.94. The monoisotopic (exact) mass is 317 g/mol. The summed E-state index contributed by atoms with van der Waals surface area (Å²) in [4.78, 5) is 27.6. The van der Waals surface area contributed by atoms with Gasteiger partial charge in [-0.2, -0.15) is 0 Å². The molecule has 0 fully saturated rings. The first-order chi connectivity index (χ1) is 10.7. The molecule has 0 radical (unpaired) electrons. The van der Waals surface area contributed by atoms with Crippen molar-refractivity contribution in [2.45, 2.75) is 6.42 Å². The topological polar surface area (TPSA) is 94.3 Å². The van der Waals surface area contributed by atoms with Crippen molar-refractivity contribution in [3.63, 3.8) is 0 Å². The predicted molar refractivity (Wildman–Crippen MR) is 79.8 cm³/mol. The summed E-state index contributed by atoms with van der Waals surface area (Å²) in [5.74, 6) is -0.773. The largest absolute Gasteiger partial charge is 0.465 e. The zero-order chi connectivity index (χ0) is 15.5. The van der Waals surface area contributed by atoms with Crippen LogP contribution in [0.15, 0.2) is 35.0 Å². The number of rotatable bonds is 4. The van der Waals surface area contributed by atoms with Gasteiger partial charge in [0.1, 0.15) is 10.6 Å². The number of anilines is 1. The van der Waals surface area contributed by atoms with Crippen LogP contribution in [0.3, 0.4) is 0 Å². The second-order valence-electron chi connectivity index (χ2n) is 4.37. The average molecular weight is 317 g/mol. The van der Waals surface area contributed by atoms with Crippen LogP contribution in [0.4, 0.5) is 5.13 Å². The number of ether oxygens (including phenoxy) is 1. The number of carbonyl (C=O) groups excluding carboxylic acids is 2. The van der Waals surface area contributed by atoms with Crippen LogP contribution in [-0.4, -0.2) is 29.1 Å². The minimum Gasteiger partial charge on any atom is -0.465 e. The average Bonchev–Trinajstić information content (AvgIpc) is 3.14. The van der Waals surface area contributed by atoms with Gasteiger partial charge in [0.2, 0.25) is 5.91 Å². The van der Waals surface area contributed by atoms with Gasteiger partial charge in [0, 0.05) is 5.39 Å². The van der Waals surface area contributed by atoms with E-state index in [-0.39, 0.29) is 12.3 Å². The Balaban J connectivity index is 1.70. The van der Waals surface area contributed by atoms with Crippen LogP contribution in [0.25, 0.3) is 11.0 Å². The molecule has 0 aliphatic rings. The molecule has 0 bridgehead atoms. The van der Waals surface area contributed by atoms with E-state index in [0.717, 1.165) is 16.7 Å². The Morgan fingerprint density at radius 3 is 3.00 bits per heavy atom. The molecule has 3 rings (SSSR count). The molecule has 0 unspecified atom stereocenters. The third-order valence-electron chi connectivity index (χ3n) is 2.92. The Morgan fingerprint density at radius 2 is 2.18 bits per heavy atom. The number of fused-ring (bicyclic) bond motifs is 1. The normalized spacial score (nSPS) is 10.6. The molecule has 0 atom stereocenters. The number of thiazole rings is 1. The Morgan fingerprint density at radius 1 is 1.36 bits per heavy atom. The Labute approximate surface area is 128 Å². The number of hydrogen-bond donors (Lipinski definition) is 1. The van der Waals surface area contributed by atoms with E-state index in [1.807, 2.05) is 18.2 Å². The van der Waals surface area contributed by atoms with E-state index >= 15 is 0 Å². The number of aromatic nitrogens is 2. The van der Waals surface area contributed by atoms with Crippen LogP contribution in [-0.2, 0) is 16.0 Å². The van der Waals surface area contributed by atoms with Crippen molar-refractivity contribution in [1.29, 1.82) is 0 Å². The van der Waals surface area contributed by atoms with E-state index in [2.05, 4.69) is 20.2 Å². The summed E-state index contributed by atoms with van der Waals surface area (Å²) in [6.07, 6.45) is 1.42. The van der Waals surface area contributed by atoms with E-state index in [4.69, 9.17) is 4.52 Å². The van der Waals surface area contributed by atoms with Crippen LogP contribution >= 0.6 is 11.3 Å². The fourth-order valence-electron chi connectivity index (χ4n) is 1.91.